The van der Waals surface area contributed by atoms with Crippen LogP contribution in [0.2, 0.25) is 0 Å². The second-order valence-corrected chi connectivity index (χ2v) is 6.75. The van der Waals surface area contributed by atoms with Crippen LogP contribution in [-0.2, 0) is 9.53 Å². The number of nitrogens with one attached hydrogen (secondary N) is 2. The van der Waals surface area contributed by atoms with Crippen LogP contribution in [0.4, 0.5) is 4.79 Å². The lowest BCUT2D eigenvalue weighted by atomic mass is 9.96. The van der Waals surface area contributed by atoms with Crippen molar-refractivity contribution in [2.24, 2.45) is 0 Å². The first-order valence-corrected chi connectivity index (χ1v) is 9.20. The van der Waals surface area contributed by atoms with Gasteiger partial charge >= 0.3 is 6.03 Å². The Balaban J connectivity index is 1.51. The summed E-state index contributed by atoms with van der Waals surface area (Å²) in [6.07, 6.45) is 5.63. The lowest BCUT2D eigenvalue weighted by Gasteiger charge is -2.36. The molecule has 3 amide bonds. The topological polar surface area (TPSA) is 70.7 Å². The van der Waals surface area contributed by atoms with Gasteiger partial charge < -0.3 is 20.3 Å². The number of hydrogen-bond donors (Lipinski definition) is 2. The number of urea groups is 1. The first-order chi connectivity index (χ1) is 12.2. The van der Waals surface area contributed by atoms with Gasteiger partial charge in [-0.05, 0) is 18.4 Å². The zero-order chi connectivity index (χ0) is 17.5. The molecule has 2 aliphatic rings. The van der Waals surface area contributed by atoms with Gasteiger partial charge in [-0.3, -0.25) is 4.79 Å². The van der Waals surface area contributed by atoms with Crippen LogP contribution in [0.3, 0.4) is 0 Å². The van der Waals surface area contributed by atoms with Gasteiger partial charge in [-0.15, -0.1) is 0 Å². The molecule has 2 N–H and O–H groups in total. The molecule has 1 saturated carbocycles. The lowest BCUT2D eigenvalue weighted by Crippen LogP contribution is -2.50. The van der Waals surface area contributed by atoms with Crippen LogP contribution < -0.4 is 10.6 Å². The monoisotopic (exact) mass is 345 g/mol. The fourth-order valence-electron chi connectivity index (χ4n) is 3.59. The Labute approximate surface area is 148 Å². The fourth-order valence-corrected chi connectivity index (χ4v) is 3.59. The summed E-state index contributed by atoms with van der Waals surface area (Å²) in [5.74, 6) is -0.0732. The number of amides is 3. The van der Waals surface area contributed by atoms with Gasteiger partial charge in [-0.2, -0.15) is 0 Å². The molecule has 3 rings (SSSR count). The lowest BCUT2D eigenvalue weighted by molar-refractivity contribution is -0.139. The number of carbonyl (C=O) groups excluding carboxylic acids is 2. The summed E-state index contributed by atoms with van der Waals surface area (Å²) in [6, 6.07) is 9.78. The summed E-state index contributed by atoms with van der Waals surface area (Å²) in [5.41, 5.74) is 1.06. The van der Waals surface area contributed by atoms with Gasteiger partial charge in [0, 0.05) is 12.6 Å². The smallest absolute Gasteiger partial charge is 0.315 e. The summed E-state index contributed by atoms with van der Waals surface area (Å²) in [4.78, 5) is 26.4. The highest BCUT2D eigenvalue weighted by Crippen LogP contribution is 2.23. The Hall–Kier alpha value is -2.08. The number of nitrogens with zero attached hydrogens (tertiary/aromatic N) is 1. The summed E-state index contributed by atoms with van der Waals surface area (Å²) < 4.78 is 5.55. The van der Waals surface area contributed by atoms with E-state index in [4.69, 9.17) is 4.74 Å². The molecule has 1 saturated heterocycles. The largest absolute Gasteiger partial charge is 0.377 e. The molecule has 136 valence electrons. The quantitative estimate of drug-likeness (QED) is 0.879. The third-order valence-corrected chi connectivity index (χ3v) is 4.97. The number of benzene rings is 1. The van der Waals surface area contributed by atoms with E-state index in [1.54, 1.807) is 4.90 Å². The molecule has 1 atom stereocenters. The Morgan fingerprint density at radius 3 is 2.64 bits per heavy atom. The van der Waals surface area contributed by atoms with E-state index in [0.29, 0.717) is 19.8 Å². The van der Waals surface area contributed by atoms with Gasteiger partial charge in [0.1, 0.15) is 0 Å². The molecule has 6 nitrogen and oxygen atoms in total. The van der Waals surface area contributed by atoms with Crippen LogP contribution >= 0.6 is 0 Å². The van der Waals surface area contributed by atoms with Crippen molar-refractivity contribution in [2.45, 2.75) is 44.2 Å². The minimum Gasteiger partial charge on any atom is -0.377 e. The van der Waals surface area contributed by atoms with E-state index < -0.39 is 0 Å². The van der Waals surface area contributed by atoms with E-state index in [1.165, 1.54) is 6.42 Å². The maximum atomic E-state index is 12.6. The number of hydrogen-bond acceptors (Lipinski definition) is 3. The summed E-state index contributed by atoms with van der Waals surface area (Å²) in [6.45, 7) is 1.58. The van der Waals surface area contributed by atoms with E-state index in [9.17, 15) is 9.59 Å². The molecular weight excluding hydrogens is 318 g/mol. The van der Waals surface area contributed by atoms with Crippen LogP contribution in [0.1, 0.15) is 43.7 Å². The third kappa shape index (κ3) is 4.95. The molecule has 1 heterocycles. The summed E-state index contributed by atoms with van der Waals surface area (Å²) in [7, 11) is 0. The molecule has 1 aliphatic carbocycles. The number of morpholine rings is 1. The first-order valence-electron chi connectivity index (χ1n) is 9.20. The molecule has 0 aromatic heterocycles. The molecule has 0 radical (unpaired) electrons. The zero-order valence-electron chi connectivity index (χ0n) is 14.6. The fraction of sp³-hybridized carbons (Fsp3) is 0.579. The standard InChI is InChI=1S/C19H27N3O3/c23-18(13-20-19(24)21-16-9-5-2-6-10-16)22-11-12-25-14-17(22)15-7-3-1-4-8-15/h1,3-4,7-8,16-17H,2,5-6,9-14H2,(H2,20,21,24)/t17-/m1/s1. The zero-order valence-corrected chi connectivity index (χ0v) is 14.6. The Kier molecular flexibility index (Phi) is 6.28. The van der Waals surface area contributed by atoms with Crippen molar-refractivity contribution in [2.75, 3.05) is 26.3 Å². The minimum absolute atomic E-state index is 0.0158. The van der Waals surface area contributed by atoms with Crippen molar-refractivity contribution in [3.63, 3.8) is 0 Å². The number of carbonyl (C=O) groups is 2. The molecule has 25 heavy (non-hydrogen) atoms. The van der Waals surface area contributed by atoms with Crippen molar-refractivity contribution in [3.05, 3.63) is 35.9 Å². The normalized spacial score (nSPS) is 21.6. The number of ether oxygens (including phenoxy) is 1. The van der Waals surface area contributed by atoms with Crippen molar-refractivity contribution in [1.29, 1.82) is 0 Å². The molecule has 6 heteroatoms. The predicted octanol–water partition coefficient (Wildman–Crippen LogP) is 2.22. The maximum Gasteiger partial charge on any atom is 0.315 e. The Morgan fingerprint density at radius 2 is 1.88 bits per heavy atom. The molecule has 1 aromatic carbocycles. The second-order valence-electron chi connectivity index (χ2n) is 6.75. The van der Waals surface area contributed by atoms with Crippen molar-refractivity contribution < 1.29 is 14.3 Å². The molecule has 1 aromatic rings. The van der Waals surface area contributed by atoms with Gasteiger partial charge in [0.05, 0.1) is 25.8 Å². The van der Waals surface area contributed by atoms with Crippen LogP contribution in [0.5, 0.6) is 0 Å². The summed E-state index contributed by atoms with van der Waals surface area (Å²) >= 11 is 0. The average Bonchev–Trinajstić information content (AvgIpc) is 2.67. The highest BCUT2D eigenvalue weighted by atomic mass is 16.5. The van der Waals surface area contributed by atoms with E-state index >= 15 is 0 Å². The summed E-state index contributed by atoms with van der Waals surface area (Å²) in [5, 5.41) is 5.69. The Morgan fingerprint density at radius 1 is 1.12 bits per heavy atom. The van der Waals surface area contributed by atoms with E-state index in [-0.39, 0.29) is 30.6 Å². The Bertz CT molecular complexity index is 573. The van der Waals surface area contributed by atoms with Crippen LogP contribution in [0.25, 0.3) is 0 Å². The van der Waals surface area contributed by atoms with Crippen LogP contribution in [0.15, 0.2) is 30.3 Å². The SMILES string of the molecule is O=C(NCC(=O)N1CCOC[C@@H]1c1ccccc1)NC1CCCCC1. The van der Waals surface area contributed by atoms with Crippen molar-refractivity contribution in [3.8, 4) is 0 Å². The van der Waals surface area contributed by atoms with Crippen LogP contribution in [-0.4, -0.2) is 49.2 Å². The van der Waals surface area contributed by atoms with Gasteiger partial charge in [0.25, 0.3) is 0 Å². The maximum absolute atomic E-state index is 12.6. The van der Waals surface area contributed by atoms with E-state index in [1.807, 2.05) is 30.3 Å². The predicted molar refractivity (Wildman–Crippen MR) is 95.1 cm³/mol. The van der Waals surface area contributed by atoms with Gasteiger partial charge in [-0.25, -0.2) is 4.79 Å². The minimum atomic E-state index is -0.246. The van der Waals surface area contributed by atoms with E-state index in [0.717, 1.165) is 31.2 Å². The van der Waals surface area contributed by atoms with Gasteiger partial charge in [0.2, 0.25) is 5.91 Å². The molecule has 1 aliphatic heterocycles. The molecule has 2 fully saturated rings. The van der Waals surface area contributed by atoms with Crippen LogP contribution in [0, 0.1) is 0 Å². The van der Waals surface area contributed by atoms with Gasteiger partial charge in [-0.1, -0.05) is 49.6 Å². The molecule has 0 unspecified atom stereocenters. The van der Waals surface area contributed by atoms with Crippen molar-refractivity contribution >= 4 is 11.9 Å². The second kappa shape index (κ2) is 8.85. The number of rotatable bonds is 4. The highest BCUT2D eigenvalue weighted by molar-refractivity contribution is 5.84. The molecule has 0 spiro atoms. The third-order valence-electron chi connectivity index (χ3n) is 4.97. The van der Waals surface area contributed by atoms with E-state index in [2.05, 4.69) is 10.6 Å². The van der Waals surface area contributed by atoms with Crippen molar-refractivity contribution in [1.82, 2.24) is 15.5 Å². The van der Waals surface area contributed by atoms with Gasteiger partial charge in [0.15, 0.2) is 0 Å². The molecule has 0 bridgehead atoms. The average molecular weight is 345 g/mol. The first kappa shape index (κ1) is 17.7. The highest BCUT2D eigenvalue weighted by Gasteiger charge is 2.28. The molecular formula is C19H27N3O3.